The lowest BCUT2D eigenvalue weighted by Gasteiger charge is -2.19. The van der Waals surface area contributed by atoms with Gasteiger partial charge in [-0.3, -0.25) is 0 Å². The third kappa shape index (κ3) is 3.16. The lowest BCUT2D eigenvalue weighted by Crippen LogP contribution is -2.20. The number of nitrogens with zero attached hydrogens (tertiary/aromatic N) is 1. The molecular formula is C15H16BrFN2O. The Hall–Kier alpha value is -1.46. The van der Waals surface area contributed by atoms with Gasteiger partial charge in [0.25, 0.3) is 0 Å². The van der Waals surface area contributed by atoms with E-state index < -0.39 is 0 Å². The first-order chi connectivity index (χ1) is 9.67. The van der Waals surface area contributed by atoms with Crippen molar-refractivity contribution in [3.63, 3.8) is 0 Å². The fourth-order valence-electron chi connectivity index (χ4n) is 2.13. The molecule has 1 aromatic heterocycles. The van der Waals surface area contributed by atoms with E-state index in [1.807, 2.05) is 25.2 Å². The van der Waals surface area contributed by atoms with Crippen LogP contribution in [0.2, 0.25) is 0 Å². The fourth-order valence-corrected chi connectivity index (χ4v) is 2.56. The standard InChI is InChI=1S/C15H16BrFN2O/c1-18-13(11-6-4-8-19-15(11)20-2)9-10-5-3-7-12(17)14(10)16/h3-8,13,18H,9H2,1-2H3. The van der Waals surface area contributed by atoms with E-state index in [1.165, 1.54) is 6.07 Å². The third-order valence-electron chi connectivity index (χ3n) is 3.17. The number of rotatable bonds is 5. The molecule has 3 nitrogen and oxygen atoms in total. The molecule has 1 unspecified atom stereocenters. The lowest BCUT2D eigenvalue weighted by atomic mass is 10.00. The number of halogens is 2. The van der Waals surface area contributed by atoms with Crippen LogP contribution >= 0.6 is 15.9 Å². The van der Waals surface area contributed by atoms with E-state index in [1.54, 1.807) is 19.4 Å². The van der Waals surface area contributed by atoms with Crippen molar-refractivity contribution >= 4 is 15.9 Å². The Labute approximate surface area is 126 Å². The monoisotopic (exact) mass is 338 g/mol. The van der Waals surface area contributed by atoms with Gasteiger partial charge in [-0.1, -0.05) is 18.2 Å². The van der Waals surface area contributed by atoms with Gasteiger partial charge in [-0.15, -0.1) is 0 Å². The minimum atomic E-state index is -0.254. The summed E-state index contributed by atoms with van der Waals surface area (Å²) in [6.45, 7) is 0. The maximum Gasteiger partial charge on any atom is 0.217 e. The summed E-state index contributed by atoms with van der Waals surface area (Å²) in [7, 11) is 3.46. The number of hydrogen-bond acceptors (Lipinski definition) is 3. The SMILES string of the molecule is CNC(Cc1cccc(F)c1Br)c1cccnc1OC. The topological polar surface area (TPSA) is 34.2 Å². The van der Waals surface area contributed by atoms with E-state index in [2.05, 4.69) is 26.2 Å². The highest BCUT2D eigenvalue weighted by molar-refractivity contribution is 9.10. The average molecular weight is 339 g/mol. The Morgan fingerprint density at radius 3 is 2.85 bits per heavy atom. The van der Waals surface area contributed by atoms with E-state index in [-0.39, 0.29) is 11.9 Å². The molecule has 0 saturated carbocycles. The van der Waals surface area contributed by atoms with Crippen molar-refractivity contribution in [3.8, 4) is 5.88 Å². The summed E-state index contributed by atoms with van der Waals surface area (Å²) < 4.78 is 19.4. The molecule has 2 rings (SSSR count). The molecule has 0 amide bonds. The van der Waals surface area contributed by atoms with Crippen molar-refractivity contribution in [1.29, 1.82) is 0 Å². The maximum absolute atomic E-state index is 13.6. The smallest absolute Gasteiger partial charge is 0.217 e. The molecule has 0 saturated heterocycles. The van der Waals surface area contributed by atoms with Crippen LogP contribution in [0.4, 0.5) is 4.39 Å². The fraction of sp³-hybridized carbons (Fsp3) is 0.267. The first kappa shape index (κ1) is 14.9. The van der Waals surface area contributed by atoms with Crippen LogP contribution < -0.4 is 10.1 Å². The molecule has 0 spiro atoms. The van der Waals surface area contributed by atoms with Gasteiger partial charge in [0, 0.05) is 17.8 Å². The van der Waals surface area contributed by atoms with Crippen LogP contribution in [-0.2, 0) is 6.42 Å². The number of methoxy groups -OCH3 is 1. The molecule has 5 heteroatoms. The number of pyridine rings is 1. The molecular weight excluding hydrogens is 323 g/mol. The molecule has 20 heavy (non-hydrogen) atoms. The molecule has 1 N–H and O–H groups in total. The quantitative estimate of drug-likeness (QED) is 0.905. The van der Waals surface area contributed by atoms with Gasteiger partial charge < -0.3 is 10.1 Å². The highest BCUT2D eigenvalue weighted by Gasteiger charge is 2.17. The van der Waals surface area contributed by atoms with Gasteiger partial charge in [0.1, 0.15) is 5.82 Å². The Kier molecular flexibility index (Phi) is 5.09. The molecule has 1 atom stereocenters. The van der Waals surface area contributed by atoms with Crippen LogP contribution in [0.15, 0.2) is 41.0 Å². The van der Waals surface area contributed by atoms with Crippen molar-refractivity contribution in [2.75, 3.05) is 14.2 Å². The van der Waals surface area contributed by atoms with Crippen LogP contribution in [0.1, 0.15) is 17.2 Å². The summed E-state index contributed by atoms with van der Waals surface area (Å²) in [5.41, 5.74) is 1.85. The van der Waals surface area contributed by atoms with Gasteiger partial charge in [0.15, 0.2) is 0 Å². The van der Waals surface area contributed by atoms with Gasteiger partial charge in [0.2, 0.25) is 5.88 Å². The Morgan fingerprint density at radius 2 is 2.15 bits per heavy atom. The average Bonchev–Trinajstić information content (AvgIpc) is 2.49. The van der Waals surface area contributed by atoms with Crippen molar-refractivity contribution in [3.05, 3.63) is 57.9 Å². The number of hydrogen-bond donors (Lipinski definition) is 1. The molecule has 106 valence electrons. The van der Waals surface area contributed by atoms with Crippen LogP contribution in [-0.4, -0.2) is 19.1 Å². The van der Waals surface area contributed by atoms with E-state index in [0.717, 1.165) is 11.1 Å². The molecule has 0 fully saturated rings. The molecule has 1 aromatic carbocycles. The predicted molar refractivity (Wildman–Crippen MR) is 80.4 cm³/mol. The van der Waals surface area contributed by atoms with Crippen molar-refractivity contribution in [2.45, 2.75) is 12.5 Å². The van der Waals surface area contributed by atoms with E-state index in [4.69, 9.17) is 4.74 Å². The molecule has 2 aromatic rings. The Balaban J connectivity index is 2.31. The second-order valence-electron chi connectivity index (χ2n) is 4.36. The molecule has 1 heterocycles. The van der Waals surface area contributed by atoms with E-state index in [9.17, 15) is 4.39 Å². The Bertz CT molecular complexity index is 592. The van der Waals surface area contributed by atoms with Gasteiger partial charge in [0.05, 0.1) is 11.6 Å². The minimum absolute atomic E-state index is 0.00301. The highest BCUT2D eigenvalue weighted by atomic mass is 79.9. The van der Waals surface area contributed by atoms with Crippen LogP contribution in [0.25, 0.3) is 0 Å². The summed E-state index contributed by atoms with van der Waals surface area (Å²) in [4.78, 5) is 4.20. The van der Waals surface area contributed by atoms with Gasteiger partial charge >= 0.3 is 0 Å². The van der Waals surface area contributed by atoms with Gasteiger partial charge in [-0.25, -0.2) is 9.37 Å². The molecule has 0 bridgehead atoms. The molecule has 0 aliphatic heterocycles. The summed E-state index contributed by atoms with van der Waals surface area (Å²) in [6.07, 6.45) is 2.32. The van der Waals surface area contributed by atoms with Crippen LogP contribution in [0.3, 0.4) is 0 Å². The molecule has 0 radical (unpaired) electrons. The summed E-state index contributed by atoms with van der Waals surface area (Å²) in [6, 6.07) is 8.87. The van der Waals surface area contributed by atoms with Crippen molar-refractivity contribution < 1.29 is 9.13 Å². The van der Waals surface area contributed by atoms with E-state index >= 15 is 0 Å². The zero-order chi connectivity index (χ0) is 14.5. The second kappa shape index (κ2) is 6.81. The molecule has 0 aliphatic rings. The predicted octanol–water partition coefficient (Wildman–Crippen LogP) is 3.50. The summed E-state index contributed by atoms with van der Waals surface area (Å²) in [5, 5.41) is 3.22. The zero-order valence-corrected chi connectivity index (χ0v) is 12.9. The molecule has 0 aliphatic carbocycles. The van der Waals surface area contributed by atoms with Crippen LogP contribution in [0.5, 0.6) is 5.88 Å². The summed E-state index contributed by atoms with van der Waals surface area (Å²) in [5.74, 6) is 0.329. The minimum Gasteiger partial charge on any atom is -0.481 e. The van der Waals surface area contributed by atoms with Crippen molar-refractivity contribution in [2.24, 2.45) is 0 Å². The maximum atomic E-state index is 13.6. The van der Waals surface area contributed by atoms with Gasteiger partial charge in [-0.05, 0) is 47.1 Å². The largest absolute Gasteiger partial charge is 0.481 e. The second-order valence-corrected chi connectivity index (χ2v) is 5.15. The normalized spacial score (nSPS) is 12.2. The number of ether oxygens (including phenoxy) is 1. The van der Waals surface area contributed by atoms with Crippen molar-refractivity contribution in [1.82, 2.24) is 10.3 Å². The third-order valence-corrected chi connectivity index (χ3v) is 4.06. The van der Waals surface area contributed by atoms with E-state index in [0.29, 0.717) is 16.8 Å². The Morgan fingerprint density at radius 1 is 1.35 bits per heavy atom. The highest BCUT2D eigenvalue weighted by Crippen LogP contribution is 2.29. The lowest BCUT2D eigenvalue weighted by molar-refractivity contribution is 0.384. The number of benzene rings is 1. The number of nitrogens with one attached hydrogen (secondary N) is 1. The van der Waals surface area contributed by atoms with Crippen LogP contribution in [0, 0.1) is 5.82 Å². The zero-order valence-electron chi connectivity index (χ0n) is 11.4. The number of likely N-dealkylation sites (N-methyl/N-ethyl adjacent to an activating group) is 1. The first-order valence-electron chi connectivity index (χ1n) is 6.26. The summed E-state index contributed by atoms with van der Waals surface area (Å²) >= 11 is 3.30. The number of aromatic nitrogens is 1. The van der Waals surface area contributed by atoms with Gasteiger partial charge in [-0.2, -0.15) is 0 Å². The first-order valence-corrected chi connectivity index (χ1v) is 7.05.